The third kappa shape index (κ3) is 2.87. The van der Waals surface area contributed by atoms with Crippen molar-refractivity contribution < 1.29 is 12.9 Å². The maximum absolute atomic E-state index is 12.1. The van der Waals surface area contributed by atoms with Crippen LogP contribution in [-0.2, 0) is 15.6 Å². The lowest BCUT2D eigenvalue weighted by Crippen LogP contribution is -2.04. The molecule has 0 aliphatic rings. The lowest BCUT2D eigenvalue weighted by Gasteiger charge is -2.05. The molecule has 18 heavy (non-hydrogen) atoms. The maximum Gasteiger partial charge on any atom is 0.182 e. The van der Waals surface area contributed by atoms with E-state index >= 15 is 0 Å². The van der Waals surface area contributed by atoms with Crippen molar-refractivity contribution in [1.29, 1.82) is 0 Å². The van der Waals surface area contributed by atoms with Crippen LogP contribution in [0.15, 0.2) is 59.5 Å². The van der Waals surface area contributed by atoms with Crippen LogP contribution in [-0.4, -0.2) is 8.42 Å². The fourth-order valence-corrected chi connectivity index (χ4v) is 2.95. The van der Waals surface area contributed by atoms with Gasteiger partial charge in [-0.15, -0.1) is 4.48 Å². The van der Waals surface area contributed by atoms with Gasteiger partial charge >= 0.3 is 0 Å². The van der Waals surface area contributed by atoms with Gasteiger partial charge in [0.25, 0.3) is 0 Å². The molecule has 0 bridgehead atoms. The fourth-order valence-electron chi connectivity index (χ4n) is 1.60. The minimum atomic E-state index is -3.39. The van der Waals surface area contributed by atoms with Crippen molar-refractivity contribution >= 4 is 15.5 Å². The lowest BCUT2D eigenvalue weighted by molar-refractivity contribution is 0.595. The van der Waals surface area contributed by atoms with Crippen molar-refractivity contribution in [3.8, 4) is 0 Å². The van der Waals surface area contributed by atoms with Crippen molar-refractivity contribution in [2.75, 3.05) is 5.54 Å². The van der Waals surface area contributed by atoms with E-state index in [4.69, 9.17) is 0 Å². The van der Waals surface area contributed by atoms with Crippen LogP contribution in [0, 0.1) is 0 Å². The van der Waals surface area contributed by atoms with Gasteiger partial charge in [-0.2, -0.15) is 0 Å². The Balaban J connectivity index is 2.25. The van der Waals surface area contributed by atoms with Crippen LogP contribution < -0.4 is 5.54 Å². The van der Waals surface area contributed by atoms with Gasteiger partial charge in [0, 0.05) is 0 Å². The Hall–Kier alpha value is -1.88. The Kier molecular flexibility index (Phi) is 3.62. The summed E-state index contributed by atoms with van der Waals surface area (Å²) >= 11 is 0. The van der Waals surface area contributed by atoms with Gasteiger partial charge in [0.05, 0.1) is 16.3 Å². The van der Waals surface area contributed by atoms with Crippen LogP contribution in [0.25, 0.3) is 0 Å². The molecular weight excluding hydrogens is 253 g/mol. The highest BCUT2D eigenvalue weighted by molar-refractivity contribution is 7.90. The molecule has 0 saturated heterocycles. The number of halogens is 1. The Bertz CT molecular complexity index is 609. The Morgan fingerprint density at radius 3 is 2.11 bits per heavy atom. The van der Waals surface area contributed by atoms with Crippen molar-refractivity contribution in [1.82, 2.24) is 0 Å². The minimum Gasteiger partial charge on any atom is -0.225 e. The standard InChI is InChI=1S/C13H12FNO2S/c14-15-12-6-8-13(9-7-12)18(16,17)10-11-4-2-1-3-5-11/h1-9,15H,10H2. The molecule has 0 saturated carbocycles. The first-order chi connectivity index (χ1) is 8.62. The van der Waals surface area contributed by atoms with Gasteiger partial charge in [0.1, 0.15) is 0 Å². The zero-order chi connectivity index (χ0) is 13.0. The second-order valence-corrected chi connectivity index (χ2v) is 5.85. The van der Waals surface area contributed by atoms with Gasteiger partial charge in [0.15, 0.2) is 9.84 Å². The van der Waals surface area contributed by atoms with E-state index in [9.17, 15) is 12.9 Å². The van der Waals surface area contributed by atoms with E-state index in [0.29, 0.717) is 0 Å². The summed E-state index contributed by atoms with van der Waals surface area (Å²) in [4.78, 5) is 0.186. The normalized spacial score (nSPS) is 11.2. The average molecular weight is 265 g/mol. The van der Waals surface area contributed by atoms with Crippen molar-refractivity contribution in [2.24, 2.45) is 0 Å². The highest BCUT2D eigenvalue weighted by atomic mass is 32.2. The van der Waals surface area contributed by atoms with Gasteiger partial charge in [-0.25, -0.2) is 14.0 Å². The second-order valence-electron chi connectivity index (χ2n) is 3.86. The van der Waals surface area contributed by atoms with E-state index in [1.165, 1.54) is 29.8 Å². The minimum absolute atomic E-state index is 0.0593. The summed E-state index contributed by atoms with van der Waals surface area (Å²) in [5.41, 5.74) is 2.42. The van der Waals surface area contributed by atoms with Crippen LogP contribution in [0.5, 0.6) is 0 Å². The third-order valence-electron chi connectivity index (χ3n) is 2.52. The number of benzene rings is 2. The first-order valence-electron chi connectivity index (χ1n) is 5.35. The summed E-state index contributed by atoms with van der Waals surface area (Å²) in [6.45, 7) is 0. The molecule has 0 atom stereocenters. The van der Waals surface area contributed by atoms with E-state index in [-0.39, 0.29) is 16.3 Å². The fraction of sp³-hybridized carbons (Fsp3) is 0.0769. The molecule has 2 aromatic carbocycles. The zero-order valence-electron chi connectivity index (χ0n) is 9.51. The molecule has 0 heterocycles. The molecule has 0 fully saturated rings. The molecule has 0 radical (unpaired) electrons. The van der Waals surface area contributed by atoms with Crippen LogP contribution >= 0.6 is 0 Å². The molecule has 2 rings (SSSR count). The quantitative estimate of drug-likeness (QED) is 0.864. The second kappa shape index (κ2) is 5.18. The molecule has 5 heteroatoms. The third-order valence-corrected chi connectivity index (χ3v) is 4.23. The van der Waals surface area contributed by atoms with Gasteiger partial charge in [-0.05, 0) is 29.8 Å². The topological polar surface area (TPSA) is 46.2 Å². The summed E-state index contributed by atoms with van der Waals surface area (Å²) in [5.74, 6) is -0.0593. The number of nitrogens with one attached hydrogen (secondary N) is 1. The van der Waals surface area contributed by atoms with E-state index in [1.54, 1.807) is 24.3 Å². The summed E-state index contributed by atoms with van der Waals surface area (Å²) < 4.78 is 36.3. The Morgan fingerprint density at radius 1 is 0.944 bits per heavy atom. The maximum atomic E-state index is 12.1. The van der Waals surface area contributed by atoms with Crippen molar-refractivity contribution in [3.63, 3.8) is 0 Å². The lowest BCUT2D eigenvalue weighted by atomic mass is 10.2. The molecule has 0 amide bonds. The molecule has 3 nitrogen and oxygen atoms in total. The number of hydrogen-bond donors (Lipinski definition) is 1. The van der Waals surface area contributed by atoms with Crippen molar-refractivity contribution in [3.05, 3.63) is 60.2 Å². The van der Waals surface area contributed by atoms with Gasteiger partial charge in [-0.3, -0.25) is 0 Å². The van der Waals surface area contributed by atoms with Crippen LogP contribution in [0.2, 0.25) is 0 Å². The van der Waals surface area contributed by atoms with Crippen LogP contribution in [0.3, 0.4) is 0 Å². The number of hydrogen-bond acceptors (Lipinski definition) is 3. The molecule has 0 aliphatic carbocycles. The molecule has 0 aromatic heterocycles. The molecule has 0 spiro atoms. The summed E-state index contributed by atoms with van der Waals surface area (Å²) in [6.07, 6.45) is 0. The smallest absolute Gasteiger partial charge is 0.182 e. The number of rotatable bonds is 4. The monoisotopic (exact) mass is 265 g/mol. The van der Waals surface area contributed by atoms with E-state index in [0.717, 1.165) is 5.56 Å². The summed E-state index contributed by atoms with van der Waals surface area (Å²) in [6, 6.07) is 14.5. The summed E-state index contributed by atoms with van der Waals surface area (Å²) in [7, 11) is -3.39. The molecule has 2 aromatic rings. The first kappa shape index (κ1) is 12.6. The molecule has 94 valence electrons. The predicted molar refractivity (Wildman–Crippen MR) is 68.5 cm³/mol. The highest BCUT2D eigenvalue weighted by Crippen LogP contribution is 2.18. The molecule has 1 N–H and O–H groups in total. The number of sulfone groups is 1. The zero-order valence-corrected chi connectivity index (χ0v) is 10.3. The largest absolute Gasteiger partial charge is 0.225 e. The molecule has 0 unspecified atom stereocenters. The highest BCUT2D eigenvalue weighted by Gasteiger charge is 2.14. The van der Waals surface area contributed by atoms with Crippen LogP contribution in [0.4, 0.5) is 10.2 Å². The van der Waals surface area contributed by atoms with E-state index in [2.05, 4.69) is 0 Å². The van der Waals surface area contributed by atoms with Crippen LogP contribution in [0.1, 0.15) is 5.56 Å². The first-order valence-corrected chi connectivity index (χ1v) is 7.00. The predicted octanol–water partition coefficient (Wildman–Crippen LogP) is 2.96. The van der Waals surface area contributed by atoms with Crippen molar-refractivity contribution in [2.45, 2.75) is 10.6 Å². The SMILES string of the molecule is O=S(=O)(Cc1ccccc1)c1ccc(NF)cc1. The molecular formula is C13H12FNO2S. The number of anilines is 1. The summed E-state index contributed by atoms with van der Waals surface area (Å²) in [5, 5.41) is 0. The Morgan fingerprint density at radius 2 is 1.56 bits per heavy atom. The van der Waals surface area contributed by atoms with E-state index in [1.807, 2.05) is 6.07 Å². The Labute approximate surface area is 105 Å². The van der Waals surface area contributed by atoms with E-state index < -0.39 is 9.84 Å². The average Bonchev–Trinajstić information content (AvgIpc) is 2.39. The molecule has 0 aliphatic heterocycles. The van der Waals surface area contributed by atoms with Gasteiger partial charge < -0.3 is 0 Å². The van der Waals surface area contributed by atoms with Gasteiger partial charge in [-0.1, -0.05) is 30.3 Å². The van der Waals surface area contributed by atoms with Gasteiger partial charge in [0.2, 0.25) is 0 Å².